The van der Waals surface area contributed by atoms with E-state index in [-0.39, 0.29) is 11.7 Å². The topological polar surface area (TPSA) is 36.3 Å². The number of ether oxygens (including phenoxy) is 1. The fourth-order valence-electron chi connectivity index (χ4n) is 2.79. The Morgan fingerprint density at radius 1 is 1.36 bits per heavy atom. The lowest BCUT2D eigenvalue weighted by Crippen LogP contribution is -2.20. The average Bonchev–Trinajstić information content (AvgIpc) is 2.94. The van der Waals surface area contributed by atoms with Crippen LogP contribution in [0.4, 0.5) is 0 Å². The van der Waals surface area contributed by atoms with E-state index in [4.69, 9.17) is 10.00 Å². The van der Waals surface area contributed by atoms with Gasteiger partial charge in [-0.25, -0.2) is 0 Å². The van der Waals surface area contributed by atoms with E-state index >= 15 is 0 Å². The summed E-state index contributed by atoms with van der Waals surface area (Å²) in [5.74, 6) is 0.821. The summed E-state index contributed by atoms with van der Waals surface area (Å²) >= 11 is 0. The highest BCUT2D eigenvalue weighted by Gasteiger charge is 2.56. The summed E-state index contributed by atoms with van der Waals surface area (Å²) in [5, 5.41) is 8.83. The first kappa shape index (κ1) is 9.98. The maximum atomic E-state index is 8.83. The molecular weight excluding hydrogens is 174 g/mol. The van der Waals surface area contributed by atoms with Crippen molar-refractivity contribution in [2.75, 3.05) is 0 Å². The molecule has 2 fully saturated rings. The summed E-state index contributed by atoms with van der Waals surface area (Å²) in [7, 11) is 0. The monoisotopic (exact) mass is 193 g/mol. The quantitative estimate of drug-likeness (QED) is 0.646. The molecule has 2 rings (SSSR count). The number of hydrogen-bond acceptors (Lipinski definition) is 2. The fraction of sp³-hybridized carbons (Fsp3) is 0.917. The number of hydrogen-bond donors (Lipinski definition) is 0. The van der Waals surface area contributed by atoms with Gasteiger partial charge < -0.3 is 4.74 Å². The first-order chi connectivity index (χ1) is 6.80. The van der Waals surface area contributed by atoms with Gasteiger partial charge in [0.1, 0.15) is 5.60 Å². The Bertz CT molecular complexity index is 239. The highest BCUT2D eigenvalue weighted by Crippen LogP contribution is 2.46. The fourth-order valence-corrected chi connectivity index (χ4v) is 2.79. The first-order valence-corrected chi connectivity index (χ1v) is 5.88. The summed E-state index contributed by atoms with van der Waals surface area (Å²) in [6, 6.07) is 2.25. The molecule has 1 saturated heterocycles. The predicted molar refractivity (Wildman–Crippen MR) is 54.7 cm³/mol. The summed E-state index contributed by atoms with van der Waals surface area (Å²) in [5.41, 5.74) is -0.0449. The summed E-state index contributed by atoms with van der Waals surface area (Å²) in [6.07, 6.45) is 8.88. The molecular formula is C12H19NO. The predicted octanol–water partition coefficient (Wildman–Crippen LogP) is 3.03. The number of rotatable bonds is 3. The molecule has 1 aliphatic carbocycles. The van der Waals surface area contributed by atoms with Gasteiger partial charge in [0.2, 0.25) is 0 Å². The molecule has 2 nitrogen and oxygen atoms in total. The molecule has 1 heterocycles. The molecule has 2 aliphatic rings. The first-order valence-electron chi connectivity index (χ1n) is 5.88. The number of nitriles is 1. The molecule has 1 saturated carbocycles. The minimum Gasteiger partial charge on any atom is -0.350 e. The van der Waals surface area contributed by atoms with Crippen LogP contribution in [0.15, 0.2) is 0 Å². The Kier molecular flexibility index (Phi) is 2.78. The van der Waals surface area contributed by atoms with Crippen LogP contribution in [0, 0.1) is 17.2 Å². The van der Waals surface area contributed by atoms with Gasteiger partial charge in [0, 0.05) is 0 Å². The minimum absolute atomic E-state index is 0.0449. The van der Waals surface area contributed by atoms with E-state index in [1.807, 2.05) is 0 Å². The van der Waals surface area contributed by atoms with Gasteiger partial charge in [-0.05, 0) is 18.8 Å². The summed E-state index contributed by atoms with van der Waals surface area (Å²) in [6.45, 7) is 2.14. The van der Waals surface area contributed by atoms with Crippen LogP contribution in [0.25, 0.3) is 0 Å². The Balaban J connectivity index is 1.87. The molecule has 0 aromatic carbocycles. The maximum Gasteiger partial charge on any atom is 0.173 e. The lowest BCUT2D eigenvalue weighted by atomic mass is 9.81. The van der Waals surface area contributed by atoms with Crippen molar-refractivity contribution in [3.8, 4) is 6.07 Å². The van der Waals surface area contributed by atoms with Crippen LogP contribution in [0.3, 0.4) is 0 Å². The van der Waals surface area contributed by atoms with Crippen molar-refractivity contribution >= 4 is 0 Å². The SMILES string of the molecule is CCC1(CC2CCCCC2)OC1C#N. The molecule has 0 spiro atoms. The molecule has 0 amide bonds. The molecule has 2 heteroatoms. The van der Waals surface area contributed by atoms with E-state index < -0.39 is 0 Å². The summed E-state index contributed by atoms with van der Waals surface area (Å²) < 4.78 is 5.54. The second kappa shape index (κ2) is 3.90. The van der Waals surface area contributed by atoms with Crippen molar-refractivity contribution in [3.63, 3.8) is 0 Å². The van der Waals surface area contributed by atoms with Crippen LogP contribution in [-0.4, -0.2) is 11.7 Å². The van der Waals surface area contributed by atoms with Crippen molar-refractivity contribution in [2.24, 2.45) is 5.92 Å². The van der Waals surface area contributed by atoms with Gasteiger partial charge in [0.25, 0.3) is 0 Å². The molecule has 0 bridgehead atoms. The van der Waals surface area contributed by atoms with E-state index in [1.165, 1.54) is 32.1 Å². The van der Waals surface area contributed by atoms with Crippen molar-refractivity contribution < 1.29 is 4.74 Å². The molecule has 14 heavy (non-hydrogen) atoms. The smallest absolute Gasteiger partial charge is 0.173 e. The van der Waals surface area contributed by atoms with Crippen molar-refractivity contribution in [1.82, 2.24) is 0 Å². The standard InChI is InChI=1S/C12H19NO/c1-2-12(11(9-13)14-12)8-10-6-4-3-5-7-10/h10-11H,2-8H2,1H3. The average molecular weight is 193 g/mol. The van der Waals surface area contributed by atoms with Crippen LogP contribution in [-0.2, 0) is 4.74 Å². The number of epoxide rings is 1. The van der Waals surface area contributed by atoms with Gasteiger partial charge in [0.05, 0.1) is 6.07 Å². The Morgan fingerprint density at radius 3 is 2.57 bits per heavy atom. The van der Waals surface area contributed by atoms with E-state index in [2.05, 4.69) is 13.0 Å². The van der Waals surface area contributed by atoms with Gasteiger partial charge in [-0.2, -0.15) is 5.26 Å². The van der Waals surface area contributed by atoms with Crippen LogP contribution < -0.4 is 0 Å². The van der Waals surface area contributed by atoms with Gasteiger partial charge in [-0.1, -0.05) is 39.0 Å². The zero-order chi connectivity index (χ0) is 10.0. The zero-order valence-electron chi connectivity index (χ0n) is 8.96. The Morgan fingerprint density at radius 2 is 2.07 bits per heavy atom. The van der Waals surface area contributed by atoms with Crippen LogP contribution in [0.2, 0.25) is 0 Å². The van der Waals surface area contributed by atoms with Crippen molar-refractivity contribution in [2.45, 2.75) is 63.6 Å². The van der Waals surface area contributed by atoms with Crippen molar-refractivity contribution in [3.05, 3.63) is 0 Å². The third kappa shape index (κ3) is 1.79. The van der Waals surface area contributed by atoms with E-state index in [1.54, 1.807) is 0 Å². The zero-order valence-corrected chi connectivity index (χ0v) is 8.96. The van der Waals surface area contributed by atoms with Crippen LogP contribution in [0.5, 0.6) is 0 Å². The lowest BCUT2D eigenvalue weighted by Gasteiger charge is -2.24. The second-order valence-electron chi connectivity index (χ2n) is 4.75. The molecule has 2 atom stereocenters. The molecule has 1 aliphatic heterocycles. The highest BCUT2D eigenvalue weighted by molar-refractivity contribution is 5.13. The third-order valence-corrected chi connectivity index (χ3v) is 3.85. The molecule has 78 valence electrons. The highest BCUT2D eigenvalue weighted by atomic mass is 16.6. The van der Waals surface area contributed by atoms with E-state index in [9.17, 15) is 0 Å². The van der Waals surface area contributed by atoms with Gasteiger partial charge in [0.15, 0.2) is 6.10 Å². The van der Waals surface area contributed by atoms with Crippen molar-refractivity contribution in [1.29, 1.82) is 5.26 Å². The van der Waals surface area contributed by atoms with Crippen LogP contribution >= 0.6 is 0 Å². The molecule has 0 N–H and O–H groups in total. The largest absolute Gasteiger partial charge is 0.350 e. The third-order valence-electron chi connectivity index (χ3n) is 3.85. The molecule has 0 aromatic rings. The minimum atomic E-state index is -0.102. The van der Waals surface area contributed by atoms with E-state index in [0.29, 0.717) is 0 Å². The second-order valence-corrected chi connectivity index (χ2v) is 4.75. The molecule has 0 aromatic heterocycles. The number of nitrogens with zero attached hydrogens (tertiary/aromatic N) is 1. The Labute approximate surface area is 86.2 Å². The van der Waals surface area contributed by atoms with Gasteiger partial charge in [-0.15, -0.1) is 0 Å². The lowest BCUT2D eigenvalue weighted by molar-refractivity contribution is 0.216. The van der Waals surface area contributed by atoms with Crippen LogP contribution in [0.1, 0.15) is 51.9 Å². The Hall–Kier alpha value is -0.550. The molecule has 2 unspecified atom stereocenters. The van der Waals surface area contributed by atoms with Gasteiger partial charge >= 0.3 is 0 Å². The van der Waals surface area contributed by atoms with Gasteiger partial charge in [-0.3, -0.25) is 0 Å². The van der Waals surface area contributed by atoms with E-state index in [0.717, 1.165) is 18.8 Å². The normalized spacial score (nSPS) is 37.9. The molecule has 0 radical (unpaired) electrons. The maximum absolute atomic E-state index is 8.83. The summed E-state index contributed by atoms with van der Waals surface area (Å²) in [4.78, 5) is 0.